The van der Waals surface area contributed by atoms with Crippen LogP contribution in [0.1, 0.15) is 43.2 Å². The first kappa shape index (κ1) is 24.4. The van der Waals surface area contributed by atoms with Crippen LogP contribution >= 0.6 is 0 Å². The predicted molar refractivity (Wildman–Crippen MR) is 124 cm³/mol. The van der Waals surface area contributed by atoms with Gasteiger partial charge in [0.1, 0.15) is 0 Å². The molecule has 1 saturated heterocycles. The molecule has 2 atom stereocenters. The van der Waals surface area contributed by atoms with Gasteiger partial charge in [-0.3, -0.25) is 14.5 Å². The fraction of sp³-hybridized carbons (Fsp3) is 0.500. The van der Waals surface area contributed by atoms with Crippen molar-refractivity contribution in [1.82, 2.24) is 9.96 Å². The fourth-order valence-corrected chi connectivity index (χ4v) is 4.53. The molecular weight excluding hydrogens is 404 g/mol. The molecule has 1 aliphatic heterocycles. The van der Waals surface area contributed by atoms with Crippen LogP contribution in [0.3, 0.4) is 0 Å². The van der Waals surface area contributed by atoms with Crippen LogP contribution in [-0.4, -0.2) is 55.6 Å². The largest absolute Gasteiger partial charge is 0.469 e. The molecule has 2 aromatic rings. The number of hydrogen-bond acceptors (Lipinski definition) is 6. The van der Waals surface area contributed by atoms with E-state index in [2.05, 4.69) is 70.6 Å². The van der Waals surface area contributed by atoms with Gasteiger partial charge >= 0.3 is 5.97 Å². The van der Waals surface area contributed by atoms with Gasteiger partial charge in [0.15, 0.2) is 6.79 Å². The van der Waals surface area contributed by atoms with Crippen LogP contribution in [0.25, 0.3) is 0 Å². The van der Waals surface area contributed by atoms with Crippen molar-refractivity contribution in [2.75, 3.05) is 27.6 Å². The minimum absolute atomic E-state index is 0.160. The highest BCUT2D eigenvalue weighted by Gasteiger charge is 2.36. The van der Waals surface area contributed by atoms with E-state index >= 15 is 0 Å². The van der Waals surface area contributed by atoms with E-state index < -0.39 is 0 Å². The van der Waals surface area contributed by atoms with E-state index in [4.69, 9.17) is 14.3 Å². The lowest BCUT2D eigenvalue weighted by Gasteiger charge is -2.45. The van der Waals surface area contributed by atoms with Crippen molar-refractivity contribution in [2.45, 2.75) is 57.3 Å². The maximum Gasteiger partial charge on any atom is 0.305 e. The highest BCUT2D eigenvalue weighted by molar-refractivity contribution is 5.68. The molecule has 1 fully saturated rings. The van der Waals surface area contributed by atoms with Crippen molar-refractivity contribution >= 4 is 5.97 Å². The third-order valence-corrected chi connectivity index (χ3v) is 6.06. The van der Waals surface area contributed by atoms with Crippen LogP contribution in [-0.2, 0) is 32.2 Å². The quantitative estimate of drug-likeness (QED) is 0.360. The summed E-state index contributed by atoms with van der Waals surface area (Å²) in [5.41, 5.74) is 2.60. The van der Waals surface area contributed by atoms with Crippen LogP contribution < -0.4 is 0 Å². The van der Waals surface area contributed by atoms with Crippen molar-refractivity contribution < 1.29 is 19.1 Å². The Morgan fingerprint density at radius 2 is 1.62 bits per heavy atom. The van der Waals surface area contributed by atoms with E-state index in [0.717, 1.165) is 45.3 Å². The van der Waals surface area contributed by atoms with E-state index in [1.807, 2.05) is 0 Å². The highest BCUT2D eigenvalue weighted by atomic mass is 16.8. The molecule has 0 radical (unpaired) electrons. The lowest BCUT2D eigenvalue weighted by atomic mass is 9.91. The number of carbonyl (C=O) groups excluding carboxylic acids is 1. The number of ether oxygens (including phenoxy) is 2. The second-order valence-electron chi connectivity index (χ2n) is 8.30. The Balaban J connectivity index is 1.82. The zero-order valence-electron chi connectivity index (χ0n) is 19.3. The van der Waals surface area contributed by atoms with Crippen LogP contribution in [0, 0.1) is 0 Å². The summed E-state index contributed by atoms with van der Waals surface area (Å²) in [6.07, 6.45) is 4.21. The minimum atomic E-state index is -0.160. The average molecular weight is 441 g/mol. The average Bonchev–Trinajstić information content (AvgIpc) is 2.84. The van der Waals surface area contributed by atoms with E-state index in [-0.39, 0.29) is 18.8 Å². The van der Waals surface area contributed by atoms with Gasteiger partial charge in [-0.25, -0.2) is 0 Å². The topological polar surface area (TPSA) is 51.2 Å². The summed E-state index contributed by atoms with van der Waals surface area (Å²) in [7, 11) is 3.09. The number of rotatable bonds is 12. The van der Waals surface area contributed by atoms with Crippen LogP contribution in [0.4, 0.5) is 0 Å². The predicted octanol–water partition coefficient (Wildman–Crippen LogP) is 4.40. The molecule has 32 heavy (non-hydrogen) atoms. The third kappa shape index (κ3) is 7.41. The number of benzene rings is 2. The minimum Gasteiger partial charge on any atom is -0.469 e. The summed E-state index contributed by atoms with van der Waals surface area (Å²) in [5, 5.41) is 2.08. The maximum absolute atomic E-state index is 11.7. The Labute approximate surface area is 192 Å². The van der Waals surface area contributed by atoms with Crippen LogP contribution in [0.15, 0.2) is 60.7 Å². The van der Waals surface area contributed by atoms with E-state index in [9.17, 15) is 4.79 Å². The summed E-state index contributed by atoms with van der Waals surface area (Å²) in [6.45, 7) is 2.84. The Kier molecular flexibility index (Phi) is 10.2. The molecule has 0 N–H and O–H groups in total. The molecule has 0 unspecified atom stereocenters. The Morgan fingerprint density at radius 1 is 1.00 bits per heavy atom. The number of nitrogens with zero attached hydrogens (tertiary/aromatic N) is 2. The van der Waals surface area contributed by atoms with Gasteiger partial charge < -0.3 is 9.47 Å². The summed E-state index contributed by atoms with van der Waals surface area (Å²) >= 11 is 0. The fourth-order valence-electron chi connectivity index (χ4n) is 4.53. The number of piperidine rings is 1. The molecule has 0 aromatic heterocycles. The monoisotopic (exact) mass is 440 g/mol. The second-order valence-corrected chi connectivity index (χ2v) is 8.30. The number of methoxy groups -OCH3 is 2. The summed E-state index contributed by atoms with van der Waals surface area (Å²) in [4.78, 5) is 20.3. The molecule has 6 nitrogen and oxygen atoms in total. The van der Waals surface area contributed by atoms with Gasteiger partial charge in [0.05, 0.1) is 13.2 Å². The molecule has 2 aromatic carbocycles. The van der Waals surface area contributed by atoms with E-state index in [0.29, 0.717) is 12.5 Å². The molecule has 174 valence electrons. The van der Waals surface area contributed by atoms with Gasteiger partial charge in [0, 0.05) is 39.2 Å². The SMILES string of the molecule is COCON1CCC[C@H](N(Cc2ccccc2)Cc2ccccc2)[C@H]1CCCC(=O)OC. The Morgan fingerprint density at radius 3 is 2.19 bits per heavy atom. The van der Waals surface area contributed by atoms with Crippen LogP contribution in [0.5, 0.6) is 0 Å². The van der Waals surface area contributed by atoms with E-state index in [1.54, 1.807) is 7.11 Å². The van der Waals surface area contributed by atoms with Gasteiger partial charge in [0.2, 0.25) is 0 Å². The lowest BCUT2D eigenvalue weighted by molar-refractivity contribution is -0.258. The second kappa shape index (κ2) is 13.3. The summed E-state index contributed by atoms with van der Waals surface area (Å²) in [5.74, 6) is -0.160. The van der Waals surface area contributed by atoms with Crippen molar-refractivity contribution in [1.29, 1.82) is 0 Å². The summed E-state index contributed by atoms with van der Waals surface area (Å²) < 4.78 is 10.0. The first-order valence-corrected chi connectivity index (χ1v) is 11.5. The van der Waals surface area contributed by atoms with Crippen molar-refractivity contribution in [2.24, 2.45) is 0 Å². The molecule has 0 spiro atoms. The van der Waals surface area contributed by atoms with E-state index in [1.165, 1.54) is 18.2 Å². The van der Waals surface area contributed by atoms with Crippen molar-refractivity contribution in [3.8, 4) is 0 Å². The molecule has 0 saturated carbocycles. The zero-order valence-corrected chi connectivity index (χ0v) is 19.3. The molecule has 0 bridgehead atoms. The Hall–Kier alpha value is -2.25. The van der Waals surface area contributed by atoms with Gasteiger partial charge in [-0.1, -0.05) is 60.7 Å². The van der Waals surface area contributed by atoms with Gasteiger partial charge in [-0.2, -0.15) is 5.06 Å². The Bertz CT molecular complexity index is 745. The maximum atomic E-state index is 11.7. The molecular formula is C26H36N2O4. The normalized spacial score (nSPS) is 19.2. The van der Waals surface area contributed by atoms with Gasteiger partial charge in [-0.15, -0.1) is 0 Å². The third-order valence-electron chi connectivity index (χ3n) is 6.06. The number of carbonyl (C=O) groups is 1. The molecule has 1 heterocycles. The van der Waals surface area contributed by atoms with Crippen molar-refractivity contribution in [3.05, 3.63) is 71.8 Å². The first-order valence-electron chi connectivity index (χ1n) is 11.5. The standard InChI is InChI=1S/C26H36N2O4/c1-30-21-32-28-18-10-16-24(25(28)15-9-17-26(29)31-2)27(19-22-11-5-3-6-12-22)20-23-13-7-4-8-14-23/h3-8,11-14,24-25H,9-10,15-21H2,1-2H3/t24-,25+/m0/s1. The molecule has 3 rings (SSSR count). The molecule has 1 aliphatic rings. The smallest absolute Gasteiger partial charge is 0.305 e. The van der Waals surface area contributed by atoms with Gasteiger partial charge in [0.25, 0.3) is 0 Å². The molecule has 0 aliphatic carbocycles. The molecule has 0 amide bonds. The number of hydroxylamine groups is 2. The molecule has 6 heteroatoms. The lowest BCUT2D eigenvalue weighted by Crippen LogP contribution is -2.55. The van der Waals surface area contributed by atoms with Crippen molar-refractivity contribution in [3.63, 3.8) is 0 Å². The number of esters is 1. The van der Waals surface area contributed by atoms with Gasteiger partial charge in [-0.05, 0) is 36.8 Å². The number of hydrogen-bond donors (Lipinski definition) is 0. The highest BCUT2D eigenvalue weighted by Crippen LogP contribution is 2.29. The zero-order chi connectivity index (χ0) is 22.6. The summed E-state index contributed by atoms with van der Waals surface area (Å²) in [6, 6.07) is 21.7. The van der Waals surface area contributed by atoms with Crippen LogP contribution in [0.2, 0.25) is 0 Å². The first-order chi connectivity index (χ1) is 15.7.